The number of rotatable bonds is 5. The lowest BCUT2D eigenvalue weighted by Gasteiger charge is -2.06. The molecule has 1 saturated heterocycles. The molecule has 1 aromatic rings. The predicted octanol–water partition coefficient (Wildman–Crippen LogP) is 2.35. The Morgan fingerprint density at radius 2 is 2.06 bits per heavy atom. The zero-order chi connectivity index (χ0) is 13.3. The van der Waals surface area contributed by atoms with Crippen LogP contribution in [-0.2, 0) is 21.3 Å². The van der Waals surface area contributed by atoms with E-state index < -0.39 is 10.1 Å². The van der Waals surface area contributed by atoms with Gasteiger partial charge in [0.25, 0.3) is 10.1 Å². The fraction of sp³-hybridized carbons (Fsp3) is 0.538. The second-order valence-electron chi connectivity index (χ2n) is 4.77. The summed E-state index contributed by atoms with van der Waals surface area (Å²) in [4.78, 5) is -0.0456. The molecule has 2 unspecified atom stereocenters. The molecule has 1 N–H and O–H groups in total. The largest absolute Gasteiger partial charge is 0.369 e. The highest BCUT2D eigenvalue weighted by molar-refractivity contribution is 7.85. The Balaban J connectivity index is 2.13. The monoisotopic (exact) mass is 270 g/mol. The number of aryl methyl sites for hydroxylation is 1. The van der Waals surface area contributed by atoms with Crippen molar-refractivity contribution in [2.24, 2.45) is 0 Å². The first kappa shape index (κ1) is 13.5. The normalized spacial score (nSPS) is 23.1. The second kappa shape index (κ2) is 4.99. The van der Waals surface area contributed by atoms with Gasteiger partial charge in [-0.3, -0.25) is 4.55 Å². The highest BCUT2D eigenvalue weighted by Crippen LogP contribution is 2.31. The standard InChI is InChI=1S/C13H18O4S/c1-3-4-12-13(17-12)8-10-7-11(18(14,15)16)6-5-9(10)2/h5-7,12-13H,3-4,8H2,1-2H3,(H,14,15,16). The van der Waals surface area contributed by atoms with E-state index >= 15 is 0 Å². The van der Waals surface area contributed by atoms with Gasteiger partial charge < -0.3 is 4.74 Å². The molecule has 0 radical (unpaired) electrons. The summed E-state index contributed by atoms with van der Waals surface area (Å²) in [6.45, 7) is 4.04. The molecule has 1 fully saturated rings. The summed E-state index contributed by atoms with van der Waals surface area (Å²) in [7, 11) is -4.12. The lowest BCUT2D eigenvalue weighted by Crippen LogP contribution is -2.04. The summed E-state index contributed by atoms with van der Waals surface area (Å²) >= 11 is 0. The zero-order valence-electron chi connectivity index (χ0n) is 10.6. The molecule has 4 nitrogen and oxygen atoms in total. The number of hydrogen-bond donors (Lipinski definition) is 1. The van der Waals surface area contributed by atoms with Crippen molar-refractivity contribution in [1.82, 2.24) is 0 Å². The molecule has 1 aliphatic heterocycles. The first-order valence-corrected chi connectivity index (χ1v) is 7.58. The van der Waals surface area contributed by atoms with Gasteiger partial charge in [0, 0.05) is 6.42 Å². The van der Waals surface area contributed by atoms with Gasteiger partial charge in [0.05, 0.1) is 17.1 Å². The minimum absolute atomic E-state index is 0.0456. The van der Waals surface area contributed by atoms with Gasteiger partial charge in [-0.15, -0.1) is 0 Å². The summed E-state index contributed by atoms with van der Waals surface area (Å²) in [5.41, 5.74) is 1.95. The third kappa shape index (κ3) is 3.10. The zero-order valence-corrected chi connectivity index (χ0v) is 11.4. The SMILES string of the molecule is CCCC1OC1Cc1cc(S(=O)(=O)O)ccc1C. The van der Waals surface area contributed by atoms with Crippen LogP contribution in [0.1, 0.15) is 30.9 Å². The fourth-order valence-electron chi connectivity index (χ4n) is 2.14. The maximum Gasteiger partial charge on any atom is 0.294 e. The van der Waals surface area contributed by atoms with Crippen molar-refractivity contribution in [2.75, 3.05) is 0 Å². The van der Waals surface area contributed by atoms with E-state index in [9.17, 15) is 8.42 Å². The van der Waals surface area contributed by atoms with Crippen LogP contribution in [0.5, 0.6) is 0 Å². The molecule has 0 bridgehead atoms. The van der Waals surface area contributed by atoms with E-state index in [1.165, 1.54) is 12.1 Å². The number of benzene rings is 1. The van der Waals surface area contributed by atoms with E-state index in [1.807, 2.05) is 6.92 Å². The van der Waals surface area contributed by atoms with E-state index in [0.717, 1.165) is 24.0 Å². The molecule has 18 heavy (non-hydrogen) atoms. The Bertz CT molecular complexity index is 536. The van der Waals surface area contributed by atoms with Crippen molar-refractivity contribution in [2.45, 2.75) is 50.2 Å². The van der Waals surface area contributed by atoms with Crippen LogP contribution in [0.3, 0.4) is 0 Å². The van der Waals surface area contributed by atoms with Crippen LogP contribution >= 0.6 is 0 Å². The van der Waals surface area contributed by atoms with Crippen LogP contribution in [-0.4, -0.2) is 25.2 Å². The van der Waals surface area contributed by atoms with E-state index in [-0.39, 0.29) is 11.0 Å². The van der Waals surface area contributed by atoms with Crippen LogP contribution in [0.25, 0.3) is 0 Å². The molecule has 0 spiro atoms. The van der Waals surface area contributed by atoms with Crippen molar-refractivity contribution in [3.8, 4) is 0 Å². The first-order chi connectivity index (χ1) is 8.41. The summed E-state index contributed by atoms with van der Waals surface area (Å²) in [6.07, 6.45) is 3.34. The average molecular weight is 270 g/mol. The molecule has 0 aromatic heterocycles. The van der Waals surface area contributed by atoms with E-state index in [0.29, 0.717) is 12.5 Å². The number of ether oxygens (including phenoxy) is 1. The average Bonchev–Trinajstić information content (AvgIpc) is 2.99. The molecule has 1 aliphatic rings. The molecule has 0 saturated carbocycles. The lowest BCUT2D eigenvalue weighted by molar-refractivity contribution is 0.361. The topological polar surface area (TPSA) is 66.9 Å². The Kier molecular flexibility index (Phi) is 3.75. The van der Waals surface area contributed by atoms with Crippen molar-refractivity contribution in [3.63, 3.8) is 0 Å². The van der Waals surface area contributed by atoms with Crippen LogP contribution in [0.4, 0.5) is 0 Å². The maximum absolute atomic E-state index is 11.1. The third-order valence-corrected chi connectivity index (χ3v) is 4.15. The highest BCUT2D eigenvalue weighted by Gasteiger charge is 2.37. The van der Waals surface area contributed by atoms with Gasteiger partial charge in [-0.05, 0) is 36.6 Å². The Labute approximate surface area is 108 Å². The maximum atomic E-state index is 11.1. The number of epoxide rings is 1. The quantitative estimate of drug-likeness (QED) is 0.659. The van der Waals surface area contributed by atoms with E-state index in [1.54, 1.807) is 6.07 Å². The molecule has 100 valence electrons. The van der Waals surface area contributed by atoms with Crippen molar-refractivity contribution >= 4 is 10.1 Å². The van der Waals surface area contributed by atoms with Crippen molar-refractivity contribution < 1.29 is 17.7 Å². The van der Waals surface area contributed by atoms with Gasteiger partial charge in [0.1, 0.15) is 0 Å². The van der Waals surface area contributed by atoms with E-state index in [2.05, 4.69) is 6.92 Å². The molecule has 5 heteroatoms. The van der Waals surface area contributed by atoms with Gasteiger partial charge in [-0.2, -0.15) is 8.42 Å². The van der Waals surface area contributed by atoms with Crippen LogP contribution < -0.4 is 0 Å². The smallest absolute Gasteiger partial charge is 0.294 e. The Morgan fingerprint density at radius 1 is 1.33 bits per heavy atom. The van der Waals surface area contributed by atoms with Gasteiger partial charge >= 0.3 is 0 Å². The minimum Gasteiger partial charge on any atom is -0.369 e. The van der Waals surface area contributed by atoms with Crippen LogP contribution in [0, 0.1) is 6.92 Å². The van der Waals surface area contributed by atoms with Gasteiger partial charge in [0.2, 0.25) is 0 Å². The molecule has 0 aliphatic carbocycles. The van der Waals surface area contributed by atoms with Crippen LogP contribution in [0.15, 0.2) is 23.1 Å². The van der Waals surface area contributed by atoms with Gasteiger partial charge in [-0.25, -0.2) is 0 Å². The fourth-order valence-corrected chi connectivity index (χ4v) is 2.67. The van der Waals surface area contributed by atoms with E-state index in [4.69, 9.17) is 9.29 Å². The highest BCUT2D eigenvalue weighted by atomic mass is 32.2. The molecule has 2 rings (SSSR count). The molecular weight excluding hydrogens is 252 g/mol. The molecule has 0 amide bonds. The molecular formula is C13H18O4S. The number of hydrogen-bond acceptors (Lipinski definition) is 3. The summed E-state index contributed by atoms with van der Waals surface area (Å²) < 4.78 is 36.7. The summed E-state index contributed by atoms with van der Waals surface area (Å²) in [5.74, 6) is 0. The van der Waals surface area contributed by atoms with Crippen molar-refractivity contribution in [3.05, 3.63) is 29.3 Å². The Hall–Kier alpha value is -0.910. The Morgan fingerprint density at radius 3 is 2.67 bits per heavy atom. The molecule has 1 aromatic carbocycles. The second-order valence-corrected chi connectivity index (χ2v) is 6.19. The minimum atomic E-state index is -4.12. The van der Waals surface area contributed by atoms with Gasteiger partial charge in [-0.1, -0.05) is 19.4 Å². The first-order valence-electron chi connectivity index (χ1n) is 6.14. The van der Waals surface area contributed by atoms with Crippen molar-refractivity contribution in [1.29, 1.82) is 0 Å². The lowest BCUT2D eigenvalue weighted by atomic mass is 10.0. The van der Waals surface area contributed by atoms with Gasteiger partial charge in [0.15, 0.2) is 0 Å². The summed E-state index contributed by atoms with van der Waals surface area (Å²) in [5, 5.41) is 0. The molecule has 1 heterocycles. The summed E-state index contributed by atoms with van der Waals surface area (Å²) in [6, 6.07) is 4.68. The molecule has 2 atom stereocenters. The third-order valence-electron chi connectivity index (χ3n) is 3.30. The predicted molar refractivity (Wildman–Crippen MR) is 68.3 cm³/mol. The van der Waals surface area contributed by atoms with Crippen LogP contribution in [0.2, 0.25) is 0 Å².